The van der Waals surface area contributed by atoms with Gasteiger partial charge in [-0.2, -0.15) is 4.39 Å². The van der Waals surface area contributed by atoms with Crippen molar-refractivity contribution < 1.29 is 28.2 Å². The van der Waals surface area contributed by atoms with Crippen LogP contribution in [0.2, 0.25) is 0 Å². The van der Waals surface area contributed by atoms with Gasteiger partial charge in [-0.15, -0.1) is 0 Å². The number of benzene rings is 2. The molecular weight excluding hydrogens is 560 g/mol. The number of aromatic nitrogens is 3. The topological polar surface area (TPSA) is 142 Å². The molecule has 2 unspecified atom stereocenters. The van der Waals surface area contributed by atoms with E-state index in [4.69, 9.17) is 4.74 Å². The highest BCUT2D eigenvalue weighted by Gasteiger charge is 2.35. The Kier molecular flexibility index (Phi) is 7.67. The molecule has 2 aromatic carbocycles. The molecule has 1 saturated heterocycles. The van der Waals surface area contributed by atoms with Gasteiger partial charge in [0.1, 0.15) is 0 Å². The van der Waals surface area contributed by atoms with Crippen molar-refractivity contribution in [1.29, 1.82) is 0 Å². The van der Waals surface area contributed by atoms with Gasteiger partial charge in [0.25, 0.3) is 5.91 Å². The molecule has 2 aliphatic rings. The average molecular weight is 592 g/mol. The zero-order valence-corrected chi connectivity index (χ0v) is 23.5. The summed E-state index contributed by atoms with van der Waals surface area (Å²) in [5, 5.41) is 21.8. The summed E-state index contributed by atoms with van der Waals surface area (Å²) in [6.45, 7) is 2.25. The second-order valence-corrected chi connectivity index (χ2v) is 10.9. The molecule has 224 valence electrons. The van der Waals surface area contributed by atoms with Crippen molar-refractivity contribution in [3.05, 3.63) is 71.7 Å². The van der Waals surface area contributed by atoms with Crippen LogP contribution in [0.25, 0.3) is 16.9 Å². The lowest BCUT2D eigenvalue weighted by atomic mass is 9.86. The molecule has 2 atom stereocenters. The van der Waals surface area contributed by atoms with E-state index in [1.165, 1.54) is 31.6 Å². The van der Waals surface area contributed by atoms with E-state index in [1.54, 1.807) is 22.7 Å². The summed E-state index contributed by atoms with van der Waals surface area (Å²) in [6.07, 6.45) is 5.76. The van der Waals surface area contributed by atoms with Crippen LogP contribution in [-0.2, 0) is 4.79 Å². The van der Waals surface area contributed by atoms with E-state index in [1.807, 2.05) is 13.0 Å². The van der Waals surface area contributed by atoms with Gasteiger partial charge in [-0.3, -0.25) is 14.0 Å². The van der Waals surface area contributed by atoms with Crippen LogP contribution >= 0.6 is 0 Å². The number of halogens is 2. The van der Waals surface area contributed by atoms with Crippen LogP contribution < -0.4 is 26.0 Å². The molecule has 6 rings (SSSR count). The first-order chi connectivity index (χ1) is 20.7. The molecular formula is C30H31F2N7O4. The number of carbonyl (C=O) groups is 2. The molecule has 1 saturated carbocycles. The highest BCUT2D eigenvalue weighted by molar-refractivity contribution is 5.96. The maximum Gasteiger partial charge on any atom is 0.251 e. The van der Waals surface area contributed by atoms with Crippen molar-refractivity contribution in [3.63, 3.8) is 0 Å². The number of aliphatic hydroxyl groups excluding tert-OH is 1. The molecule has 0 bridgehead atoms. The van der Waals surface area contributed by atoms with Gasteiger partial charge in [-0.25, -0.2) is 14.4 Å². The van der Waals surface area contributed by atoms with E-state index in [2.05, 4.69) is 31.2 Å². The monoisotopic (exact) mass is 591 g/mol. The maximum absolute atomic E-state index is 14.8. The minimum Gasteiger partial charge on any atom is -0.494 e. The van der Waals surface area contributed by atoms with Crippen LogP contribution in [0.15, 0.2) is 48.9 Å². The molecule has 1 aliphatic carbocycles. The van der Waals surface area contributed by atoms with Gasteiger partial charge in [0.15, 0.2) is 23.0 Å². The second kappa shape index (κ2) is 11.6. The fourth-order valence-electron chi connectivity index (χ4n) is 5.56. The Morgan fingerprint density at radius 1 is 1.07 bits per heavy atom. The summed E-state index contributed by atoms with van der Waals surface area (Å²) in [7, 11) is 1.27. The lowest BCUT2D eigenvalue weighted by molar-refractivity contribution is -0.124. The number of amides is 2. The smallest absolute Gasteiger partial charge is 0.251 e. The van der Waals surface area contributed by atoms with Gasteiger partial charge in [0.05, 0.1) is 31.1 Å². The first kappa shape index (κ1) is 28.5. The second-order valence-electron chi connectivity index (χ2n) is 10.9. The highest BCUT2D eigenvalue weighted by Crippen LogP contribution is 2.32. The van der Waals surface area contributed by atoms with Gasteiger partial charge in [0.2, 0.25) is 11.7 Å². The fourth-order valence-corrected chi connectivity index (χ4v) is 5.56. The average Bonchev–Trinajstić information content (AvgIpc) is 3.60. The van der Waals surface area contributed by atoms with Crippen LogP contribution in [0.4, 0.5) is 20.3 Å². The number of hydrogen-bond donors (Lipinski definition) is 5. The third kappa shape index (κ3) is 5.60. The summed E-state index contributed by atoms with van der Waals surface area (Å²) in [5.74, 6) is -2.24. The lowest BCUT2D eigenvalue weighted by Gasteiger charge is -2.37. The zero-order valence-electron chi connectivity index (χ0n) is 23.5. The molecule has 13 heteroatoms. The number of nitrogens with zero attached hydrogens (tertiary/aromatic N) is 3. The van der Waals surface area contributed by atoms with Crippen molar-refractivity contribution >= 4 is 29.0 Å². The van der Waals surface area contributed by atoms with Gasteiger partial charge < -0.3 is 31.1 Å². The molecule has 3 heterocycles. The SMILES string of the molecule is COc1ccc(-c2cnc3c(Nc4ccc(C(=O)NC5CC(NC(=O)C6CC(O)CN6)C5)c(C)c4)nccn23)c(F)c1F. The van der Waals surface area contributed by atoms with E-state index >= 15 is 0 Å². The number of aliphatic hydroxyl groups is 1. The Morgan fingerprint density at radius 2 is 1.86 bits per heavy atom. The number of ether oxygens (including phenoxy) is 1. The Bertz CT molecular complexity index is 1710. The predicted octanol–water partition coefficient (Wildman–Crippen LogP) is 2.83. The molecule has 43 heavy (non-hydrogen) atoms. The van der Waals surface area contributed by atoms with Gasteiger partial charge >= 0.3 is 0 Å². The van der Waals surface area contributed by atoms with Gasteiger partial charge in [-0.1, -0.05) is 0 Å². The minimum atomic E-state index is -1.08. The molecule has 2 fully saturated rings. The van der Waals surface area contributed by atoms with E-state index < -0.39 is 17.7 Å². The molecule has 0 spiro atoms. The van der Waals surface area contributed by atoms with Crippen LogP contribution in [0.3, 0.4) is 0 Å². The van der Waals surface area contributed by atoms with E-state index in [0.29, 0.717) is 54.2 Å². The van der Waals surface area contributed by atoms with Gasteiger partial charge in [-0.05, 0) is 62.1 Å². The number of β-amino-alcohol motifs (C(OH)–C–C–N with tert-alkyl or cyclic N) is 1. The molecule has 2 amide bonds. The largest absolute Gasteiger partial charge is 0.494 e. The molecule has 2 aromatic heterocycles. The minimum absolute atomic E-state index is 0.0105. The zero-order chi connectivity index (χ0) is 30.2. The lowest BCUT2D eigenvalue weighted by Crippen LogP contribution is -2.56. The summed E-state index contributed by atoms with van der Waals surface area (Å²) < 4.78 is 35.6. The van der Waals surface area contributed by atoms with Crippen molar-refractivity contribution in [2.24, 2.45) is 0 Å². The predicted molar refractivity (Wildman–Crippen MR) is 154 cm³/mol. The Balaban J connectivity index is 1.10. The Morgan fingerprint density at radius 3 is 2.58 bits per heavy atom. The van der Waals surface area contributed by atoms with Crippen LogP contribution in [0, 0.1) is 18.6 Å². The van der Waals surface area contributed by atoms with Crippen LogP contribution in [-0.4, -0.2) is 69.2 Å². The third-order valence-corrected chi connectivity index (χ3v) is 7.95. The van der Waals surface area contributed by atoms with Crippen LogP contribution in [0.5, 0.6) is 5.75 Å². The number of rotatable bonds is 8. The van der Waals surface area contributed by atoms with Crippen molar-refractivity contribution in [1.82, 2.24) is 30.3 Å². The number of aryl methyl sites for hydroxylation is 1. The molecule has 5 N–H and O–H groups in total. The maximum atomic E-state index is 14.8. The van der Waals surface area contributed by atoms with Crippen molar-refractivity contribution in [3.8, 4) is 17.0 Å². The number of imidazole rings is 1. The van der Waals surface area contributed by atoms with Gasteiger partial charge in [0, 0.05) is 47.8 Å². The summed E-state index contributed by atoms with van der Waals surface area (Å²) in [6, 6.07) is 7.64. The van der Waals surface area contributed by atoms with E-state index in [0.717, 1.165) is 5.56 Å². The number of anilines is 2. The molecule has 11 nitrogen and oxygen atoms in total. The normalized spacial score (nSPS) is 21.3. The van der Waals surface area contributed by atoms with Crippen molar-refractivity contribution in [2.75, 3.05) is 19.0 Å². The number of carbonyl (C=O) groups excluding carboxylic acids is 2. The number of methoxy groups -OCH3 is 1. The fraction of sp³-hybridized carbons (Fsp3) is 0.333. The standard InChI is InChI=1S/C30H31F2N7O4/c1-15-9-16(3-4-20(15)29(41)37-17-10-18(11-17)38-30(42)22-12-19(40)13-34-22)36-27-28-35-14-23(39(28)8-7-33-27)21-5-6-24(43-2)26(32)25(21)31/h3-9,14,17-19,22,34,40H,10-13H2,1-2H3,(H,33,36)(H,37,41)(H,38,42). The molecule has 4 aromatic rings. The molecule has 0 radical (unpaired) electrons. The van der Waals surface area contributed by atoms with Crippen LogP contribution in [0.1, 0.15) is 35.2 Å². The number of nitrogens with one attached hydrogen (secondary N) is 4. The summed E-state index contributed by atoms with van der Waals surface area (Å²) in [4.78, 5) is 34.0. The Hall–Kier alpha value is -4.62. The first-order valence-corrected chi connectivity index (χ1v) is 14.0. The summed E-state index contributed by atoms with van der Waals surface area (Å²) >= 11 is 0. The first-order valence-electron chi connectivity index (χ1n) is 14.0. The molecule has 1 aliphatic heterocycles. The number of fused-ring (bicyclic) bond motifs is 1. The Labute approximate surface area is 245 Å². The third-order valence-electron chi connectivity index (χ3n) is 7.95. The van der Waals surface area contributed by atoms with E-state index in [9.17, 15) is 23.5 Å². The van der Waals surface area contributed by atoms with E-state index in [-0.39, 0.29) is 41.3 Å². The van der Waals surface area contributed by atoms with Crippen molar-refractivity contribution in [2.45, 2.75) is 50.4 Å². The number of hydrogen-bond acceptors (Lipinski definition) is 8. The summed E-state index contributed by atoms with van der Waals surface area (Å²) in [5.41, 5.74) is 2.70. The highest BCUT2D eigenvalue weighted by atomic mass is 19.2. The quantitative estimate of drug-likeness (QED) is 0.211.